The van der Waals surface area contributed by atoms with Gasteiger partial charge in [-0.1, -0.05) is 0 Å². The van der Waals surface area contributed by atoms with Gasteiger partial charge in [-0.25, -0.2) is 9.79 Å². The Labute approximate surface area is 187 Å². The Bertz CT molecular complexity index is 866. The summed E-state index contributed by atoms with van der Waals surface area (Å²) in [4.78, 5) is 16.2. The minimum Gasteiger partial charge on any atom is -0.490 e. The molecule has 3 rings (SSSR count). The first-order valence-electron chi connectivity index (χ1n) is 9.23. The number of halogens is 1. The van der Waals surface area contributed by atoms with Gasteiger partial charge in [0, 0.05) is 24.7 Å². The normalized spacial score (nSPS) is 13.1. The van der Waals surface area contributed by atoms with Crippen molar-refractivity contribution in [2.75, 3.05) is 32.2 Å². The van der Waals surface area contributed by atoms with Crippen LogP contribution in [-0.2, 0) is 11.3 Å². The number of nitrogens with zero attached hydrogens (tertiary/aromatic N) is 1. The zero-order valence-electron chi connectivity index (χ0n) is 16.7. The minimum atomic E-state index is -0.422. The van der Waals surface area contributed by atoms with Crippen LogP contribution >= 0.6 is 24.0 Å². The van der Waals surface area contributed by atoms with Gasteiger partial charge in [-0.2, -0.15) is 0 Å². The Morgan fingerprint density at radius 3 is 2.69 bits per heavy atom. The smallest absolute Gasteiger partial charge is 0.341 e. The summed E-state index contributed by atoms with van der Waals surface area (Å²) in [7, 11) is 1.34. The van der Waals surface area contributed by atoms with Crippen molar-refractivity contribution in [1.82, 2.24) is 5.32 Å². The molecule has 9 heteroatoms. The lowest BCUT2D eigenvalue weighted by Gasteiger charge is -2.13. The molecule has 0 unspecified atom stereocenters. The molecule has 1 aromatic heterocycles. The molecule has 0 aliphatic carbocycles. The van der Waals surface area contributed by atoms with Crippen LogP contribution in [-0.4, -0.2) is 38.8 Å². The van der Waals surface area contributed by atoms with Crippen molar-refractivity contribution in [2.45, 2.75) is 26.8 Å². The second-order valence-corrected chi connectivity index (χ2v) is 6.21. The van der Waals surface area contributed by atoms with E-state index in [0.29, 0.717) is 48.6 Å². The largest absolute Gasteiger partial charge is 0.490 e. The molecule has 0 amide bonds. The second kappa shape index (κ2) is 10.9. The van der Waals surface area contributed by atoms with Crippen LogP contribution in [0.5, 0.6) is 11.5 Å². The van der Waals surface area contributed by atoms with E-state index in [1.165, 1.54) is 7.11 Å². The van der Waals surface area contributed by atoms with Gasteiger partial charge in [-0.05, 0) is 32.0 Å². The van der Waals surface area contributed by atoms with E-state index in [0.717, 1.165) is 17.9 Å². The van der Waals surface area contributed by atoms with Gasteiger partial charge < -0.3 is 29.3 Å². The fourth-order valence-electron chi connectivity index (χ4n) is 2.78. The number of anilines is 1. The highest BCUT2D eigenvalue weighted by Crippen LogP contribution is 2.32. The molecule has 0 fully saturated rings. The lowest BCUT2D eigenvalue weighted by molar-refractivity contribution is 0.0599. The number of carbonyl (C=O) groups excluding carboxylic acids is 1. The maximum atomic E-state index is 11.7. The summed E-state index contributed by atoms with van der Waals surface area (Å²) in [5.41, 5.74) is 1.24. The third kappa shape index (κ3) is 6.02. The van der Waals surface area contributed by atoms with Crippen LogP contribution in [0.3, 0.4) is 0 Å². The fraction of sp³-hybridized carbons (Fsp3) is 0.400. The number of benzene rings is 1. The number of rotatable bonds is 5. The van der Waals surface area contributed by atoms with E-state index < -0.39 is 5.97 Å². The monoisotopic (exact) mass is 515 g/mol. The lowest BCUT2D eigenvalue weighted by Crippen LogP contribution is -2.30. The Hall–Kier alpha value is -2.43. The number of methoxy groups -OCH3 is 1. The predicted molar refractivity (Wildman–Crippen MR) is 121 cm³/mol. The number of ether oxygens (including phenoxy) is 3. The summed E-state index contributed by atoms with van der Waals surface area (Å²) >= 11 is 0. The van der Waals surface area contributed by atoms with E-state index in [4.69, 9.17) is 18.6 Å². The summed E-state index contributed by atoms with van der Waals surface area (Å²) in [6.07, 6.45) is 0.859. The average Bonchev–Trinajstić information content (AvgIpc) is 2.91. The Morgan fingerprint density at radius 1 is 1.21 bits per heavy atom. The molecule has 0 saturated carbocycles. The van der Waals surface area contributed by atoms with Gasteiger partial charge in [0.25, 0.3) is 0 Å². The zero-order chi connectivity index (χ0) is 19.9. The second-order valence-electron chi connectivity index (χ2n) is 6.21. The fourth-order valence-corrected chi connectivity index (χ4v) is 2.78. The van der Waals surface area contributed by atoms with Crippen molar-refractivity contribution < 1.29 is 23.4 Å². The van der Waals surface area contributed by atoms with Gasteiger partial charge in [0.1, 0.15) is 23.6 Å². The number of carbonyl (C=O) groups is 1. The van der Waals surface area contributed by atoms with Gasteiger partial charge in [0.05, 0.1) is 20.3 Å². The number of furan rings is 1. The first kappa shape index (κ1) is 22.9. The molecular formula is C20H26IN3O5. The van der Waals surface area contributed by atoms with Gasteiger partial charge in [0.15, 0.2) is 17.5 Å². The maximum absolute atomic E-state index is 11.7. The summed E-state index contributed by atoms with van der Waals surface area (Å²) in [6, 6.07) is 7.33. The van der Waals surface area contributed by atoms with Crippen molar-refractivity contribution in [2.24, 2.45) is 4.99 Å². The highest BCUT2D eigenvalue weighted by atomic mass is 127. The minimum absolute atomic E-state index is 0. The third-order valence-electron chi connectivity index (χ3n) is 4.12. The molecule has 1 aliphatic heterocycles. The number of guanidine groups is 1. The molecule has 29 heavy (non-hydrogen) atoms. The van der Waals surface area contributed by atoms with Crippen molar-refractivity contribution >= 4 is 41.6 Å². The van der Waals surface area contributed by atoms with Gasteiger partial charge in [0.2, 0.25) is 0 Å². The quantitative estimate of drug-likeness (QED) is 0.271. The summed E-state index contributed by atoms with van der Waals surface area (Å²) < 4.78 is 21.7. The number of aryl methyl sites for hydroxylation is 1. The van der Waals surface area contributed by atoms with Crippen LogP contribution in [0.15, 0.2) is 33.7 Å². The Morgan fingerprint density at radius 2 is 1.97 bits per heavy atom. The van der Waals surface area contributed by atoms with Crippen molar-refractivity contribution in [3.8, 4) is 11.5 Å². The molecule has 0 radical (unpaired) electrons. The average molecular weight is 515 g/mol. The lowest BCUT2D eigenvalue weighted by atomic mass is 10.2. The van der Waals surface area contributed by atoms with Gasteiger partial charge in [-0.15, -0.1) is 24.0 Å². The van der Waals surface area contributed by atoms with E-state index in [2.05, 4.69) is 15.6 Å². The molecular weight excluding hydrogens is 489 g/mol. The molecule has 2 aromatic rings. The molecule has 1 aliphatic rings. The summed E-state index contributed by atoms with van der Waals surface area (Å²) in [5.74, 6) is 2.71. The molecule has 2 heterocycles. The number of hydrogen-bond acceptors (Lipinski definition) is 6. The van der Waals surface area contributed by atoms with E-state index in [1.54, 1.807) is 13.0 Å². The number of hydrogen-bond donors (Lipinski definition) is 2. The van der Waals surface area contributed by atoms with Crippen LogP contribution in [0.2, 0.25) is 0 Å². The maximum Gasteiger partial charge on any atom is 0.341 e. The molecule has 0 saturated heterocycles. The van der Waals surface area contributed by atoms with E-state index >= 15 is 0 Å². The molecule has 1 aromatic carbocycles. The summed E-state index contributed by atoms with van der Waals surface area (Å²) in [5, 5.41) is 6.43. The molecule has 0 spiro atoms. The van der Waals surface area contributed by atoms with Crippen LogP contribution < -0.4 is 20.1 Å². The first-order valence-corrected chi connectivity index (χ1v) is 9.23. The van der Waals surface area contributed by atoms with Crippen LogP contribution in [0.25, 0.3) is 0 Å². The molecule has 0 atom stereocenters. The van der Waals surface area contributed by atoms with Crippen LogP contribution in [0, 0.1) is 6.92 Å². The standard InChI is InChI=1S/C20H25N3O5.HI/c1-4-21-20(22-12-15-11-16(13(2)28-15)19(24)25-3)23-14-6-7-17-18(10-14)27-9-5-8-26-17;/h6-7,10-11H,4-5,8-9,12H2,1-3H3,(H2,21,22,23);1H. The van der Waals surface area contributed by atoms with Crippen LogP contribution in [0.1, 0.15) is 35.2 Å². The number of esters is 1. The first-order chi connectivity index (χ1) is 13.6. The molecule has 8 nitrogen and oxygen atoms in total. The van der Waals surface area contributed by atoms with Crippen LogP contribution in [0.4, 0.5) is 5.69 Å². The highest BCUT2D eigenvalue weighted by molar-refractivity contribution is 14.0. The number of nitrogens with one attached hydrogen (secondary N) is 2. The zero-order valence-corrected chi connectivity index (χ0v) is 19.1. The third-order valence-corrected chi connectivity index (χ3v) is 4.12. The Kier molecular flexibility index (Phi) is 8.62. The molecule has 158 valence electrons. The van der Waals surface area contributed by atoms with Crippen molar-refractivity contribution in [1.29, 1.82) is 0 Å². The number of aliphatic imine (C=N–C) groups is 1. The topological polar surface area (TPSA) is 94.3 Å². The molecule has 0 bridgehead atoms. The Balaban J connectivity index is 0.00000300. The summed E-state index contributed by atoms with van der Waals surface area (Å²) in [6.45, 7) is 5.96. The van der Waals surface area contributed by atoms with E-state index in [9.17, 15) is 4.79 Å². The highest BCUT2D eigenvalue weighted by Gasteiger charge is 2.15. The van der Waals surface area contributed by atoms with E-state index in [1.807, 2.05) is 25.1 Å². The molecule has 2 N–H and O–H groups in total. The van der Waals surface area contributed by atoms with E-state index in [-0.39, 0.29) is 30.5 Å². The predicted octanol–water partition coefficient (Wildman–Crippen LogP) is 3.73. The van der Waals surface area contributed by atoms with Gasteiger partial charge >= 0.3 is 5.97 Å². The SMILES string of the molecule is CCNC(=NCc1cc(C(=O)OC)c(C)o1)Nc1ccc2c(c1)OCCCO2.I. The number of fused-ring (bicyclic) bond motifs is 1. The van der Waals surface area contributed by atoms with Crippen molar-refractivity contribution in [3.63, 3.8) is 0 Å². The van der Waals surface area contributed by atoms with Crippen molar-refractivity contribution in [3.05, 3.63) is 41.3 Å². The van der Waals surface area contributed by atoms with Gasteiger partial charge in [-0.3, -0.25) is 0 Å².